The van der Waals surface area contributed by atoms with Crippen LogP contribution in [0.25, 0.3) is 0 Å². The van der Waals surface area contributed by atoms with E-state index in [1.54, 1.807) is 0 Å². The summed E-state index contributed by atoms with van der Waals surface area (Å²) in [5.41, 5.74) is 0. The van der Waals surface area contributed by atoms with Crippen LogP contribution < -0.4 is 0 Å². The van der Waals surface area contributed by atoms with Gasteiger partial charge in [-0.15, -0.1) is 0 Å². The van der Waals surface area contributed by atoms with E-state index < -0.39 is 6.08 Å². The third-order valence-corrected chi connectivity index (χ3v) is 0.968. The van der Waals surface area contributed by atoms with E-state index in [0.717, 1.165) is 25.3 Å². The molecule has 9 heavy (non-hydrogen) atoms. The molecule has 0 aromatic carbocycles. The SMILES string of the molecule is CCCC[CH]C=C(F)F. The van der Waals surface area contributed by atoms with E-state index in [1.807, 2.05) is 6.92 Å². The molecule has 0 rings (SSSR count). The van der Waals surface area contributed by atoms with Gasteiger partial charge in [-0.1, -0.05) is 19.8 Å². The first-order chi connectivity index (χ1) is 4.27. The Kier molecular flexibility index (Phi) is 5.48. The minimum absolute atomic E-state index is 0.758. The molecule has 0 heterocycles. The summed E-state index contributed by atoms with van der Waals surface area (Å²) >= 11 is 0. The van der Waals surface area contributed by atoms with Crippen molar-refractivity contribution < 1.29 is 8.78 Å². The number of halogens is 2. The number of rotatable bonds is 4. The molecule has 0 fully saturated rings. The molecule has 0 spiro atoms. The minimum Gasteiger partial charge on any atom is -0.174 e. The molecular weight excluding hydrogens is 122 g/mol. The molecule has 0 aliphatic carbocycles. The third-order valence-electron chi connectivity index (χ3n) is 0.968. The number of hydrogen-bond acceptors (Lipinski definition) is 0. The second-order valence-corrected chi connectivity index (χ2v) is 1.83. The van der Waals surface area contributed by atoms with Crippen LogP contribution >= 0.6 is 0 Å². The summed E-state index contributed by atoms with van der Waals surface area (Å²) in [5.74, 6) is 0. The van der Waals surface area contributed by atoms with Crippen LogP contribution in [0.4, 0.5) is 8.78 Å². The molecule has 0 atom stereocenters. The van der Waals surface area contributed by atoms with E-state index in [0.29, 0.717) is 0 Å². The average molecular weight is 133 g/mol. The van der Waals surface area contributed by atoms with Gasteiger partial charge in [0, 0.05) is 0 Å². The predicted molar refractivity (Wildman–Crippen MR) is 34.1 cm³/mol. The summed E-state index contributed by atoms with van der Waals surface area (Å²) in [7, 11) is 0. The van der Waals surface area contributed by atoms with Gasteiger partial charge in [-0.2, -0.15) is 8.78 Å². The van der Waals surface area contributed by atoms with Crippen LogP contribution in [0.15, 0.2) is 12.2 Å². The summed E-state index contributed by atoms with van der Waals surface area (Å²) in [5, 5.41) is 0. The summed E-state index contributed by atoms with van der Waals surface area (Å²) in [4.78, 5) is 0. The van der Waals surface area contributed by atoms with E-state index in [-0.39, 0.29) is 0 Å². The Labute approximate surface area is 54.6 Å². The van der Waals surface area contributed by atoms with Gasteiger partial charge in [0.05, 0.1) is 0 Å². The van der Waals surface area contributed by atoms with E-state index in [2.05, 4.69) is 0 Å². The lowest BCUT2D eigenvalue weighted by Gasteiger charge is -1.88. The highest BCUT2D eigenvalue weighted by Crippen LogP contribution is 2.03. The van der Waals surface area contributed by atoms with Gasteiger partial charge in [0.25, 0.3) is 6.08 Å². The van der Waals surface area contributed by atoms with Crippen LogP contribution in [0.2, 0.25) is 0 Å². The Hall–Kier alpha value is -0.400. The first-order valence-electron chi connectivity index (χ1n) is 3.12. The Morgan fingerprint density at radius 3 is 2.56 bits per heavy atom. The number of hydrogen-bond donors (Lipinski definition) is 0. The fourth-order valence-electron chi connectivity index (χ4n) is 0.494. The highest BCUT2D eigenvalue weighted by molar-refractivity contribution is 4.93. The van der Waals surface area contributed by atoms with Gasteiger partial charge in [-0.05, 0) is 18.9 Å². The second kappa shape index (κ2) is 5.73. The molecule has 53 valence electrons. The van der Waals surface area contributed by atoms with Crippen molar-refractivity contribution in [3.63, 3.8) is 0 Å². The normalized spacial score (nSPS) is 9.22. The number of unbranched alkanes of at least 4 members (excludes halogenated alkanes) is 3. The lowest BCUT2D eigenvalue weighted by molar-refractivity contribution is 0.420. The van der Waals surface area contributed by atoms with E-state index in [4.69, 9.17) is 0 Å². The summed E-state index contributed by atoms with van der Waals surface area (Å²) < 4.78 is 22.6. The van der Waals surface area contributed by atoms with E-state index >= 15 is 0 Å². The van der Waals surface area contributed by atoms with Crippen LogP contribution in [0, 0.1) is 6.42 Å². The van der Waals surface area contributed by atoms with Gasteiger partial charge in [-0.25, -0.2) is 0 Å². The van der Waals surface area contributed by atoms with Crippen molar-refractivity contribution >= 4 is 0 Å². The highest BCUT2D eigenvalue weighted by Gasteiger charge is 1.87. The average Bonchev–Trinajstić information content (AvgIpc) is 1.80. The summed E-state index contributed by atoms with van der Waals surface area (Å²) in [6, 6.07) is 0. The Bertz CT molecular complexity index is 82.9. The monoisotopic (exact) mass is 133 g/mol. The zero-order valence-electron chi connectivity index (χ0n) is 5.53. The minimum atomic E-state index is -1.61. The van der Waals surface area contributed by atoms with Crippen molar-refractivity contribution in [1.82, 2.24) is 0 Å². The fourth-order valence-corrected chi connectivity index (χ4v) is 0.494. The first-order valence-corrected chi connectivity index (χ1v) is 3.12. The van der Waals surface area contributed by atoms with Gasteiger partial charge >= 0.3 is 0 Å². The maximum atomic E-state index is 11.3. The molecule has 0 saturated carbocycles. The molecule has 0 unspecified atom stereocenters. The van der Waals surface area contributed by atoms with Crippen LogP contribution in [-0.4, -0.2) is 0 Å². The van der Waals surface area contributed by atoms with Crippen LogP contribution in [0.5, 0.6) is 0 Å². The van der Waals surface area contributed by atoms with Crippen molar-refractivity contribution in [2.45, 2.75) is 26.2 Å². The quantitative estimate of drug-likeness (QED) is 0.517. The molecule has 0 bridgehead atoms. The van der Waals surface area contributed by atoms with Gasteiger partial charge in [0.2, 0.25) is 0 Å². The van der Waals surface area contributed by atoms with Gasteiger partial charge < -0.3 is 0 Å². The summed E-state index contributed by atoms with van der Waals surface area (Å²) in [6.45, 7) is 2.03. The zero-order chi connectivity index (χ0) is 7.11. The molecule has 2 heteroatoms. The number of allylic oxidation sites excluding steroid dienone is 1. The van der Waals surface area contributed by atoms with Gasteiger partial charge in [-0.3, -0.25) is 0 Å². The van der Waals surface area contributed by atoms with Crippen molar-refractivity contribution in [2.24, 2.45) is 0 Å². The Morgan fingerprint density at radius 1 is 1.44 bits per heavy atom. The molecular formula is C7H11F2. The Morgan fingerprint density at radius 2 is 2.11 bits per heavy atom. The molecule has 0 aliphatic heterocycles. The van der Waals surface area contributed by atoms with Gasteiger partial charge in [0.15, 0.2) is 0 Å². The molecule has 0 nitrogen and oxygen atoms in total. The van der Waals surface area contributed by atoms with Crippen molar-refractivity contribution in [3.05, 3.63) is 18.6 Å². The van der Waals surface area contributed by atoms with Crippen LogP contribution in [0.3, 0.4) is 0 Å². The second-order valence-electron chi connectivity index (χ2n) is 1.83. The molecule has 0 aromatic rings. The highest BCUT2D eigenvalue weighted by atomic mass is 19.3. The predicted octanol–water partition coefficient (Wildman–Crippen LogP) is 3.16. The first kappa shape index (κ1) is 8.60. The van der Waals surface area contributed by atoms with Crippen molar-refractivity contribution in [3.8, 4) is 0 Å². The van der Waals surface area contributed by atoms with Crippen molar-refractivity contribution in [1.29, 1.82) is 0 Å². The maximum Gasteiger partial charge on any atom is 0.266 e. The topological polar surface area (TPSA) is 0 Å². The van der Waals surface area contributed by atoms with Crippen LogP contribution in [-0.2, 0) is 0 Å². The zero-order valence-corrected chi connectivity index (χ0v) is 5.53. The third kappa shape index (κ3) is 7.60. The maximum absolute atomic E-state index is 11.3. The molecule has 1 radical (unpaired) electrons. The molecule has 0 saturated heterocycles. The molecule has 0 aliphatic rings. The fraction of sp³-hybridized carbons (Fsp3) is 0.571. The standard InChI is InChI=1S/C7H11F2/c1-2-3-4-5-6-7(8)9/h5-6H,2-4H2,1H3. The molecule has 0 aromatic heterocycles. The smallest absolute Gasteiger partial charge is 0.174 e. The van der Waals surface area contributed by atoms with E-state index in [1.165, 1.54) is 6.42 Å². The lowest BCUT2D eigenvalue weighted by atomic mass is 10.2. The van der Waals surface area contributed by atoms with Gasteiger partial charge in [0.1, 0.15) is 0 Å². The molecule has 0 amide bonds. The molecule has 0 N–H and O–H groups in total. The largest absolute Gasteiger partial charge is 0.266 e. The van der Waals surface area contributed by atoms with Crippen molar-refractivity contribution in [2.75, 3.05) is 0 Å². The summed E-state index contributed by atoms with van der Waals surface area (Å²) in [6.07, 6.45) is 3.55. The van der Waals surface area contributed by atoms with Crippen LogP contribution in [0.1, 0.15) is 26.2 Å². The van der Waals surface area contributed by atoms with E-state index in [9.17, 15) is 8.78 Å². The Balaban J connectivity index is 3.00. The lowest BCUT2D eigenvalue weighted by Crippen LogP contribution is -1.71.